The molecule has 0 N–H and O–H groups in total. The van der Waals surface area contributed by atoms with Gasteiger partial charge in [0.05, 0.1) is 0 Å². The summed E-state index contributed by atoms with van der Waals surface area (Å²) in [6.07, 6.45) is 0. The standard InChI is InChI=1S/C14H27N3Si3/c1-18(2,3)11-10-12-15-13(19(4,5)6)17-14(16-12)20(7,8)9/h1-9H3. The molecule has 3 nitrogen and oxygen atoms in total. The molecule has 0 saturated carbocycles. The van der Waals surface area contributed by atoms with Gasteiger partial charge in [0, 0.05) is 0 Å². The molecule has 1 aromatic heterocycles. The summed E-state index contributed by atoms with van der Waals surface area (Å²) in [4.78, 5) is 14.0. The van der Waals surface area contributed by atoms with Crippen LogP contribution in [0.25, 0.3) is 0 Å². The fourth-order valence-corrected chi connectivity index (χ4v) is 3.71. The first kappa shape index (κ1) is 17.3. The average Bonchev–Trinajstić information content (AvgIpc) is 2.22. The summed E-state index contributed by atoms with van der Waals surface area (Å²) in [5, 5.41) is 0. The Hall–Kier alpha value is -0.779. The maximum absolute atomic E-state index is 4.77. The number of rotatable bonds is 2. The van der Waals surface area contributed by atoms with Gasteiger partial charge in [0.1, 0.15) is 35.1 Å². The van der Waals surface area contributed by atoms with Crippen LogP contribution in [-0.4, -0.2) is 39.2 Å². The molecule has 1 aromatic rings. The van der Waals surface area contributed by atoms with E-state index in [9.17, 15) is 0 Å². The van der Waals surface area contributed by atoms with Crippen molar-refractivity contribution in [1.29, 1.82) is 0 Å². The molecule has 0 aliphatic carbocycles. The largest absolute Gasteiger partial charge is 0.229 e. The van der Waals surface area contributed by atoms with Crippen LogP contribution in [0.4, 0.5) is 0 Å². The van der Waals surface area contributed by atoms with Crippen molar-refractivity contribution in [2.45, 2.75) is 58.9 Å². The van der Waals surface area contributed by atoms with Crippen LogP contribution < -0.4 is 10.9 Å². The molecule has 6 heteroatoms. The second-order valence-corrected chi connectivity index (χ2v) is 23.0. The lowest BCUT2D eigenvalue weighted by molar-refractivity contribution is 1.08. The van der Waals surface area contributed by atoms with Gasteiger partial charge in [-0.1, -0.05) is 58.9 Å². The highest BCUT2D eigenvalue weighted by Gasteiger charge is 2.27. The van der Waals surface area contributed by atoms with Gasteiger partial charge in [-0.15, -0.1) is 5.54 Å². The number of aromatic nitrogens is 3. The fourth-order valence-electron chi connectivity index (χ4n) is 1.35. The summed E-state index contributed by atoms with van der Waals surface area (Å²) in [5.41, 5.74) is 5.34. The van der Waals surface area contributed by atoms with E-state index in [2.05, 4.69) is 80.4 Å². The quantitative estimate of drug-likeness (QED) is 0.619. The van der Waals surface area contributed by atoms with E-state index < -0.39 is 24.2 Å². The van der Waals surface area contributed by atoms with E-state index in [1.165, 1.54) is 0 Å². The van der Waals surface area contributed by atoms with Gasteiger partial charge in [-0.25, -0.2) is 15.0 Å². The lowest BCUT2D eigenvalue weighted by atomic mass is 10.6. The molecule has 0 bridgehead atoms. The van der Waals surface area contributed by atoms with Gasteiger partial charge in [0.15, 0.2) is 0 Å². The van der Waals surface area contributed by atoms with Crippen molar-refractivity contribution in [3.8, 4) is 11.5 Å². The first-order valence-corrected chi connectivity index (χ1v) is 17.6. The van der Waals surface area contributed by atoms with Gasteiger partial charge in [-0.05, 0) is 5.92 Å². The van der Waals surface area contributed by atoms with Gasteiger partial charge >= 0.3 is 0 Å². The Labute approximate surface area is 126 Å². The first-order chi connectivity index (χ1) is 8.79. The van der Waals surface area contributed by atoms with Crippen LogP contribution in [0.1, 0.15) is 5.82 Å². The molecule has 0 aromatic carbocycles. The van der Waals surface area contributed by atoms with Crippen LogP contribution in [0.5, 0.6) is 0 Å². The average molecular weight is 322 g/mol. The van der Waals surface area contributed by atoms with Crippen molar-refractivity contribution in [3.05, 3.63) is 5.82 Å². The Morgan fingerprint density at radius 2 is 1.05 bits per heavy atom. The lowest BCUT2D eigenvalue weighted by Gasteiger charge is -2.19. The van der Waals surface area contributed by atoms with Crippen molar-refractivity contribution in [1.82, 2.24) is 15.0 Å². The van der Waals surface area contributed by atoms with Gasteiger partial charge < -0.3 is 0 Å². The molecular weight excluding hydrogens is 294 g/mol. The minimum atomic E-state index is -1.55. The highest BCUT2D eigenvalue weighted by Crippen LogP contribution is 2.02. The number of nitrogens with zero attached hydrogens (tertiary/aromatic N) is 3. The van der Waals surface area contributed by atoms with Gasteiger partial charge in [-0.3, -0.25) is 0 Å². The van der Waals surface area contributed by atoms with Crippen molar-refractivity contribution in [3.63, 3.8) is 0 Å². The van der Waals surface area contributed by atoms with E-state index in [-0.39, 0.29) is 0 Å². The summed E-state index contributed by atoms with van der Waals surface area (Å²) in [5.74, 6) is 3.88. The molecule has 0 fully saturated rings. The Bertz CT molecular complexity index is 520. The van der Waals surface area contributed by atoms with E-state index in [4.69, 9.17) is 4.98 Å². The Balaban J connectivity index is 3.42. The van der Waals surface area contributed by atoms with Crippen molar-refractivity contribution in [2.75, 3.05) is 0 Å². The zero-order chi connectivity index (χ0) is 15.8. The molecule has 0 aliphatic heterocycles. The van der Waals surface area contributed by atoms with E-state index >= 15 is 0 Å². The normalized spacial score (nSPS) is 12.8. The molecule has 0 atom stereocenters. The van der Waals surface area contributed by atoms with E-state index in [0.717, 1.165) is 10.9 Å². The minimum absolute atomic E-state index is 0.678. The van der Waals surface area contributed by atoms with Crippen LogP contribution >= 0.6 is 0 Å². The van der Waals surface area contributed by atoms with Crippen LogP contribution in [0.3, 0.4) is 0 Å². The predicted molar refractivity (Wildman–Crippen MR) is 96.0 cm³/mol. The summed E-state index contributed by atoms with van der Waals surface area (Å²) in [6.45, 7) is 20.3. The highest BCUT2D eigenvalue weighted by atomic mass is 28.3. The molecule has 0 unspecified atom stereocenters. The number of hydrogen-bond acceptors (Lipinski definition) is 3. The van der Waals surface area contributed by atoms with Crippen molar-refractivity contribution >= 4 is 35.1 Å². The molecule has 0 spiro atoms. The van der Waals surface area contributed by atoms with Crippen LogP contribution in [0.15, 0.2) is 0 Å². The lowest BCUT2D eigenvalue weighted by Crippen LogP contribution is -2.52. The second-order valence-electron chi connectivity index (χ2n) is 8.31. The van der Waals surface area contributed by atoms with Gasteiger partial charge in [0.25, 0.3) is 0 Å². The SMILES string of the molecule is C[Si](C)(C)C#Cc1nc([Si](C)(C)C)nc([Si](C)(C)C)n1. The minimum Gasteiger partial charge on any atom is -0.229 e. The van der Waals surface area contributed by atoms with Gasteiger partial charge in [-0.2, -0.15) is 0 Å². The van der Waals surface area contributed by atoms with E-state index in [1.54, 1.807) is 0 Å². The molecular formula is C14H27N3Si3. The third-order valence-corrected chi connectivity index (χ3v) is 6.53. The number of hydrogen-bond donors (Lipinski definition) is 0. The third kappa shape index (κ3) is 5.31. The summed E-state index contributed by atoms with van der Waals surface area (Å²) >= 11 is 0. The summed E-state index contributed by atoms with van der Waals surface area (Å²) in [7, 11) is -4.50. The predicted octanol–water partition coefficient (Wildman–Crippen LogP) is 2.19. The first-order valence-electron chi connectivity index (χ1n) is 7.09. The Morgan fingerprint density at radius 3 is 1.35 bits per heavy atom. The van der Waals surface area contributed by atoms with Gasteiger partial charge in [0.2, 0.25) is 5.82 Å². The molecule has 1 rings (SSSR count). The molecule has 20 heavy (non-hydrogen) atoms. The maximum Gasteiger partial charge on any atom is 0.206 e. The topological polar surface area (TPSA) is 38.7 Å². The van der Waals surface area contributed by atoms with E-state index in [0.29, 0.717) is 5.82 Å². The summed E-state index contributed by atoms with van der Waals surface area (Å²) in [6, 6.07) is 0. The van der Waals surface area contributed by atoms with Crippen LogP contribution in [0.2, 0.25) is 58.9 Å². The smallest absolute Gasteiger partial charge is 0.206 e. The maximum atomic E-state index is 4.77. The van der Waals surface area contributed by atoms with Crippen molar-refractivity contribution < 1.29 is 0 Å². The highest BCUT2D eigenvalue weighted by molar-refractivity contribution is 6.89. The van der Waals surface area contributed by atoms with E-state index in [1.807, 2.05) is 0 Å². The third-order valence-electron chi connectivity index (χ3n) is 2.53. The van der Waals surface area contributed by atoms with Crippen LogP contribution in [0, 0.1) is 11.5 Å². The molecule has 0 amide bonds. The van der Waals surface area contributed by atoms with Crippen molar-refractivity contribution in [2.24, 2.45) is 0 Å². The molecule has 0 radical (unpaired) electrons. The Morgan fingerprint density at radius 1 is 0.650 bits per heavy atom. The molecule has 0 aliphatic rings. The zero-order valence-corrected chi connectivity index (χ0v) is 17.3. The monoisotopic (exact) mass is 321 g/mol. The summed E-state index contributed by atoms with van der Waals surface area (Å²) < 4.78 is 0. The van der Waals surface area contributed by atoms with Crippen LogP contribution in [-0.2, 0) is 0 Å². The molecule has 110 valence electrons. The molecule has 1 heterocycles. The second kappa shape index (κ2) is 5.54. The zero-order valence-electron chi connectivity index (χ0n) is 14.3. The fraction of sp³-hybridized carbons (Fsp3) is 0.643. The Kier molecular flexibility index (Phi) is 4.79. The molecule has 0 saturated heterocycles.